The van der Waals surface area contributed by atoms with Gasteiger partial charge in [-0.1, -0.05) is 23.2 Å². The number of likely N-dealkylation sites (N-methyl/N-ethyl adjacent to an activating group) is 1. The topological polar surface area (TPSA) is 71.2 Å². The first-order valence-electron chi connectivity index (χ1n) is 6.53. The molecule has 1 heterocycles. The van der Waals surface area contributed by atoms with E-state index in [9.17, 15) is 9.90 Å². The maximum atomic E-state index is 12.3. The fourth-order valence-corrected chi connectivity index (χ4v) is 2.51. The second-order valence-corrected chi connectivity index (χ2v) is 5.89. The van der Waals surface area contributed by atoms with Crippen molar-refractivity contribution in [1.29, 1.82) is 0 Å². The maximum Gasteiger partial charge on any atom is 0.256 e. The van der Waals surface area contributed by atoms with E-state index in [2.05, 4.69) is 10.2 Å². The lowest BCUT2D eigenvalue weighted by Crippen LogP contribution is -2.32. The van der Waals surface area contributed by atoms with Crippen LogP contribution in [0.5, 0.6) is 0 Å². The fourth-order valence-electron chi connectivity index (χ4n) is 1.96. The first-order chi connectivity index (χ1) is 10.3. The Bertz CT molecular complexity index is 682. The molecule has 0 saturated carbocycles. The van der Waals surface area contributed by atoms with Gasteiger partial charge in [-0.25, -0.2) is 0 Å². The Balaban J connectivity index is 2.14. The van der Waals surface area contributed by atoms with Crippen molar-refractivity contribution < 1.29 is 9.90 Å². The molecular weight excluding hydrogens is 327 g/mol. The minimum Gasteiger partial charge on any atom is -0.378 e. The second kappa shape index (κ2) is 6.64. The van der Waals surface area contributed by atoms with Gasteiger partial charge in [0, 0.05) is 24.1 Å². The fraction of sp³-hybridized carbons (Fsp3) is 0.357. The molecule has 0 aliphatic rings. The van der Waals surface area contributed by atoms with Crippen LogP contribution in [-0.2, 0) is 18.4 Å². The summed E-state index contributed by atoms with van der Waals surface area (Å²) in [5.74, 6) is 0.904. The van der Waals surface area contributed by atoms with Crippen LogP contribution in [0.4, 0.5) is 0 Å². The average molecular weight is 343 g/mol. The van der Waals surface area contributed by atoms with Gasteiger partial charge in [-0.15, -0.1) is 10.2 Å². The van der Waals surface area contributed by atoms with Gasteiger partial charge in [0.25, 0.3) is 5.91 Å². The van der Waals surface area contributed by atoms with Gasteiger partial charge in [-0.05, 0) is 30.7 Å². The third-order valence-electron chi connectivity index (χ3n) is 3.37. The molecule has 1 aromatic heterocycles. The third kappa shape index (κ3) is 3.58. The first kappa shape index (κ1) is 16.7. The van der Waals surface area contributed by atoms with Crippen LogP contribution in [0.1, 0.15) is 23.3 Å². The zero-order chi connectivity index (χ0) is 16.4. The minimum atomic E-state index is -1.34. The summed E-state index contributed by atoms with van der Waals surface area (Å²) in [4.78, 5) is 13.7. The van der Waals surface area contributed by atoms with Crippen molar-refractivity contribution >= 4 is 29.1 Å². The molecule has 0 spiro atoms. The van der Waals surface area contributed by atoms with Gasteiger partial charge in [0.05, 0.1) is 6.54 Å². The molecule has 1 N–H and O–H groups in total. The molecule has 8 heteroatoms. The molecule has 0 radical (unpaired) electrons. The molecule has 2 aromatic rings. The number of hydrogen-bond acceptors (Lipinski definition) is 4. The highest BCUT2D eigenvalue weighted by molar-refractivity contribution is 6.34. The molecule has 1 aromatic carbocycles. The van der Waals surface area contributed by atoms with Crippen LogP contribution in [0.3, 0.4) is 0 Å². The summed E-state index contributed by atoms with van der Waals surface area (Å²) in [6.45, 7) is 2.06. The van der Waals surface area contributed by atoms with Crippen molar-refractivity contribution in [3.63, 3.8) is 0 Å². The van der Waals surface area contributed by atoms with Crippen LogP contribution in [0.25, 0.3) is 0 Å². The number of benzene rings is 1. The van der Waals surface area contributed by atoms with Gasteiger partial charge in [0.15, 0.2) is 11.9 Å². The normalized spacial score (nSPS) is 12.3. The van der Waals surface area contributed by atoms with Crippen molar-refractivity contribution in [1.82, 2.24) is 19.7 Å². The number of halogens is 2. The van der Waals surface area contributed by atoms with E-state index in [0.29, 0.717) is 21.4 Å². The minimum absolute atomic E-state index is 0.238. The van der Waals surface area contributed by atoms with E-state index in [0.717, 1.165) is 5.82 Å². The van der Waals surface area contributed by atoms with E-state index in [1.165, 1.54) is 23.1 Å². The summed E-state index contributed by atoms with van der Waals surface area (Å²) in [5, 5.41) is 18.9. The standard InChI is InChI=1S/C14H16Cl2N4O2/c1-8-17-18-12(20(8)3)7-19(2)14(22)13(21)9-4-10(15)6-11(16)5-9/h4-6,13,21H,7H2,1-3H3. The van der Waals surface area contributed by atoms with Crippen LogP contribution in [0, 0.1) is 6.92 Å². The number of rotatable bonds is 4. The number of nitrogens with zero attached hydrogens (tertiary/aromatic N) is 4. The average Bonchev–Trinajstić information content (AvgIpc) is 2.76. The van der Waals surface area contributed by atoms with E-state index in [-0.39, 0.29) is 6.54 Å². The van der Waals surface area contributed by atoms with Crippen LogP contribution >= 0.6 is 23.2 Å². The van der Waals surface area contributed by atoms with E-state index in [4.69, 9.17) is 23.2 Å². The van der Waals surface area contributed by atoms with Crippen molar-refractivity contribution in [3.05, 3.63) is 45.5 Å². The van der Waals surface area contributed by atoms with Gasteiger partial charge >= 0.3 is 0 Å². The van der Waals surface area contributed by atoms with Gasteiger partial charge in [0.2, 0.25) is 0 Å². The second-order valence-electron chi connectivity index (χ2n) is 5.02. The highest BCUT2D eigenvalue weighted by Gasteiger charge is 2.23. The molecule has 0 bridgehead atoms. The Hall–Kier alpha value is -1.63. The maximum absolute atomic E-state index is 12.3. The summed E-state index contributed by atoms with van der Waals surface area (Å²) in [6.07, 6.45) is -1.34. The Morgan fingerprint density at radius 1 is 1.32 bits per heavy atom. The van der Waals surface area contributed by atoms with E-state index in [1.807, 2.05) is 14.0 Å². The Kier molecular flexibility index (Phi) is 5.05. The van der Waals surface area contributed by atoms with Crippen molar-refractivity contribution in [2.45, 2.75) is 19.6 Å². The van der Waals surface area contributed by atoms with Gasteiger partial charge in [-0.3, -0.25) is 4.79 Å². The molecule has 0 fully saturated rings. The molecule has 0 aliphatic carbocycles. The van der Waals surface area contributed by atoms with Gasteiger partial charge < -0.3 is 14.6 Å². The van der Waals surface area contributed by atoms with E-state index >= 15 is 0 Å². The van der Waals surface area contributed by atoms with Crippen LogP contribution in [-0.4, -0.2) is 37.7 Å². The molecule has 22 heavy (non-hydrogen) atoms. The van der Waals surface area contributed by atoms with Crippen LogP contribution < -0.4 is 0 Å². The third-order valence-corrected chi connectivity index (χ3v) is 3.81. The predicted octanol–water partition coefficient (Wildman–Crippen LogP) is 2.12. The van der Waals surface area contributed by atoms with Crippen molar-refractivity contribution in [3.8, 4) is 0 Å². The summed E-state index contributed by atoms with van der Waals surface area (Å²) >= 11 is 11.8. The molecular formula is C14H16Cl2N4O2. The lowest BCUT2D eigenvalue weighted by atomic mass is 10.1. The van der Waals surface area contributed by atoms with Gasteiger partial charge in [0.1, 0.15) is 5.82 Å². The highest BCUT2D eigenvalue weighted by atomic mass is 35.5. The molecule has 1 unspecified atom stereocenters. The number of aliphatic hydroxyl groups is 1. The Morgan fingerprint density at radius 2 is 1.91 bits per heavy atom. The number of hydrogen-bond donors (Lipinski definition) is 1. The number of amides is 1. The van der Waals surface area contributed by atoms with Crippen LogP contribution in [0.2, 0.25) is 10.0 Å². The monoisotopic (exact) mass is 342 g/mol. The SMILES string of the molecule is Cc1nnc(CN(C)C(=O)C(O)c2cc(Cl)cc(Cl)c2)n1C. The lowest BCUT2D eigenvalue weighted by Gasteiger charge is -2.20. The van der Waals surface area contributed by atoms with Crippen molar-refractivity contribution in [2.75, 3.05) is 7.05 Å². The number of aromatic nitrogens is 3. The summed E-state index contributed by atoms with van der Waals surface area (Å²) in [5.41, 5.74) is 0.350. The number of aryl methyl sites for hydroxylation is 1. The molecule has 6 nitrogen and oxygen atoms in total. The first-order valence-corrected chi connectivity index (χ1v) is 7.29. The largest absolute Gasteiger partial charge is 0.378 e. The number of carbonyl (C=O) groups is 1. The van der Waals surface area contributed by atoms with E-state index < -0.39 is 12.0 Å². The van der Waals surface area contributed by atoms with E-state index in [1.54, 1.807) is 11.6 Å². The highest BCUT2D eigenvalue weighted by Crippen LogP contribution is 2.24. The predicted molar refractivity (Wildman–Crippen MR) is 83.6 cm³/mol. The molecule has 0 aliphatic heterocycles. The quantitative estimate of drug-likeness (QED) is 0.923. The number of aliphatic hydroxyl groups excluding tert-OH is 1. The summed E-state index contributed by atoms with van der Waals surface area (Å²) in [6, 6.07) is 4.56. The summed E-state index contributed by atoms with van der Waals surface area (Å²) in [7, 11) is 3.40. The van der Waals surface area contributed by atoms with Gasteiger partial charge in [-0.2, -0.15) is 0 Å². The molecule has 2 rings (SSSR count). The number of carbonyl (C=O) groups excluding carboxylic acids is 1. The Labute approximate surface area is 138 Å². The van der Waals surface area contributed by atoms with Crippen LogP contribution in [0.15, 0.2) is 18.2 Å². The zero-order valence-electron chi connectivity index (χ0n) is 12.4. The molecule has 0 saturated heterocycles. The molecule has 1 amide bonds. The molecule has 1 atom stereocenters. The smallest absolute Gasteiger partial charge is 0.256 e. The summed E-state index contributed by atoms with van der Waals surface area (Å²) < 4.78 is 1.78. The Morgan fingerprint density at radius 3 is 2.41 bits per heavy atom. The zero-order valence-corrected chi connectivity index (χ0v) is 13.9. The molecule has 118 valence electrons. The van der Waals surface area contributed by atoms with Crippen molar-refractivity contribution in [2.24, 2.45) is 7.05 Å². The lowest BCUT2D eigenvalue weighted by molar-refractivity contribution is -0.139.